The largest absolute Gasteiger partial charge is 0.468 e. The molecule has 1 aromatic rings. The molecule has 1 aromatic heterocycles. The van der Waals surface area contributed by atoms with Crippen LogP contribution in [0, 0.1) is 0 Å². The number of methoxy groups -OCH3 is 1. The summed E-state index contributed by atoms with van der Waals surface area (Å²) in [6.45, 7) is 2.86. The Morgan fingerprint density at radius 2 is 2.32 bits per heavy atom. The molecule has 7 nitrogen and oxygen atoms in total. The van der Waals surface area contributed by atoms with E-state index in [4.69, 9.17) is 0 Å². The second-order valence-electron chi connectivity index (χ2n) is 4.34. The lowest BCUT2D eigenvalue weighted by Gasteiger charge is -2.20. The molecule has 0 aliphatic carbocycles. The number of nitrogens with zero attached hydrogens (tertiary/aromatic N) is 3. The van der Waals surface area contributed by atoms with Gasteiger partial charge in [0.15, 0.2) is 5.03 Å². The standard InChI is InChI=1S/C11H17N3O4S/c1-3-13-7-10(12-8-13)19(16,17)14-6-4-5-9(14)11(15)18-2/h7-9H,3-6H2,1-2H3. The van der Waals surface area contributed by atoms with Gasteiger partial charge in [0, 0.05) is 19.3 Å². The fourth-order valence-corrected chi connectivity index (χ4v) is 3.75. The van der Waals surface area contributed by atoms with Crippen LogP contribution in [0.5, 0.6) is 0 Å². The maximum absolute atomic E-state index is 12.4. The van der Waals surface area contributed by atoms with Crippen molar-refractivity contribution in [3.8, 4) is 0 Å². The minimum Gasteiger partial charge on any atom is -0.468 e. The van der Waals surface area contributed by atoms with Crippen molar-refractivity contribution in [3.63, 3.8) is 0 Å². The predicted molar refractivity (Wildman–Crippen MR) is 66.8 cm³/mol. The van der Waals surface area contributed by atoms with Gasteiger partial charge in [0.05, 0.1) is 13.4 Å². The van der Waals surface area contributed by atoms with Gasteiger partial charge in [-0.3, -0.25) is 4.79 Å². The van der Waals surface area contributed by atoms with E-state index in [2.05, 4.69) is 9.72 Å². The van der Waals surface area contributed by atoms with Crippen LogP contribution >= 0.6 is 0 Å². The normalized spacial score (nSPS) is 20.6. The minimum atomic E-state index is -3.73. The average Bonchev–Trinajstić information content (AvgIpc) is 3.06. The van der Waals surface area contributed by atoms with Crippen molar-refractivity contribution in [1.29, 1.82) is 0 Å². The zero-order chi connectivity index (χ0) is 14.0. The second-order valence-corrected chi connectivity index (χ2v) is 6.18. The molecule has 1 saturated heterocycles. The first kappa shape index (κ1) is 14.0. The molecule has 106 valence electrons. The Morgan fingerprint density at radius 1 is 1.58 bits per heavy atom. The number of ether oxygens (including phenoxy) is 1. The summed E-state index contributed by atoms with van der Waals surface area (Å²) < 4.78 is 32.4. The number of hydrogen-bond acceptors (Lipinski definition) is 5. The number of imidazole rings is 1. The van der Waals surface area contributed by atoms with Gasteiger partial charge in [-0.05, 0) is 19.8 Å². The number of sulfonamides is 1. The monoisotopic (exact) mass is 287 g/mol. The first-order chi connectivity index (χ1) is 9.00. The Kier molecular flexibility index (Phi) is 3.91. The summed E-state index contributed by atoms with van der Waals surface area (Å²) in [4.78, 5) is 15.5. The smallest absolute Gasteiger partial charge is 0.324 e. The van der Waals surface area contributed by atoms with E-state index < -0.39 is 22.0 Å². The lowest BCUT2D eigenvalue weighted by Crippen LogP contribution is -2.41. The molecule has 1 fully saturated rings. The molecule has 0 N–H and O–H groups in total. The third-order valence-corrected chi connectivity index (χ3v) is 5.02. The quantitative estimate of drug-likeness (QED) is 0.740. The molecular formula is C11H17N3O4S. The number of rotatable bonds is 4. The van der Waals surface area contributed by atoms with E-state index in [1.54, 1.807) is 4.57 Å². The summed E-state index contributed by atoms with van der Waals surface area (Å²) >= 11 is 0. The highest BCUT2D eigenvalue weighted by atomic mass is 32.2. The third-order valence-electron chi connectivity index (χ3n) is 3.22. The molecule has 1 aliphatic heterocycles. The van der Waals surface area contributed by atoms with Crippen molar-refractivity contribution in [2.45, 2.75) is 37.4 Å². The van der Waals surface area contributed by atoms with Crippen molar-refractivity contribution < 1.29 is 17.9 Å². The minimum absolute atomic E-state index is 0.0230. The molecule has 1 unspecified atom stereocenters. The molecule has 0 aromatic carbocycles. The number of aromatic nitrogens is 2. The molecule has 1 aliphatic rings. The van der Waals surface area contributed by atoms with Crippen molar-refractivity contribution in [2.24, 2.45) is 0 Å². The average molecular weight is 287 g/mol. The van der Waals surface area contributed by atoms with Crippen LogP contribution in [0.15, 0.2) is 17.6 Å². The molecule has 2 rings (SSSR count). The van der Waals surface area contributed by atoms with Crippen molar-refractivity contribution in [1.82, 2.24) is 13.9 Å². The van der Waals surface area contributed by atoms with Gasteiger partial charge in [0.2, 0.25) is 0 Å². The van der Waals surface area contributed by atoms with E-state index in [-0.39, 0.29) is 5.03 Å². The maximum Gasteiger partial charge on any atom is 0.324 e. The lowest BCUT2D eigenvalue weighted by molar-refractivity contribution is -0.144. The molecule has 0 spiro atoms. The van der Waals surface area contributed by atoms with E-state index in [1.807, 2.05) is 6.92 Å². The van der Waals surface area contributed by atoms with Crippen LogP contribution in [-0.2, 0) is 26.1 Å². The first-order valence-corrected chi connectivity index (χ1v) is 7.56. The zero-order valence-corrected chi connectivity index (χ0v) is 11.8. The number of carbonyl (C=O) groups is 1. The van der Waals surface area contributed by atoms with Crippen LogP contribution in [-0.4, -0.2) is 47.9 Å². The van der Waals surface area contributed by atoms with Crippen LogP contribution in [0.3, 0.4) is 0 Å². The van der Waals surface area contributed by atoms with Gasteiger partial charge >= 0.3 is 5.97 Å². The Morgan fingerprint density at radius 3 is 2.89 bits per heavy atom. The molecular weight excluding hydrogens is 270 g/mol. The highest BCUT2D eigenvalue weighted by Crippen LogP contribution is 2.25. The molecule has 0 bridgehead atoms. The lowest BCUT2D eigenvalue weighted by atomic mass is 10.2. The van der Waals surface area contributed by atoms with E-state index in [0.717, 1.165) is 0 Å². The second kappa shape index (κ2) is 5.30. The fraction of sp³-hybridized carbons (Fsp3) is 0.636. The van der Waals surface area contributed by atoms with Gasteiger partial charge in [-0.1, -0.05) is 0 Å². The Bertz CT molecular complexity index is 566. The number of hydrogen-bond donors (Lipinski definition) is 0. The number of aryl methyl sites for hydroxylation is 1. The van der Waals surface area contributed by atoms with E-state index in [1.165, 1.54) is 23.9 Å². The molecule has 8 heteroatoms. The van der Waals surface area contributed by atoms with Gasteiger partial charge < -0.3 is 9.30 Å². The molecule has 19 heavy (non-hydrogen) atoms. The summed E-state index contributed by atoms with van der Waals surface area (Å²) in [5.41, 5.74) is 0. The number of esters is 1. The van der Waals surface area contributed by atoms with Crippen LogP contribution in [0.1, 0.15) is 19.8 Å². The maximum atomic E-state index is 12.4. The molecule has 2 heterocycles. The van der Waals surface area contributed by atoms with Crippen molar-refractivity contribution in [3.05, 3.63) is 12.5 Å². The van der Waals surface area contributed by atoms with Gasteiger partial charge in [0.25, 0.3) is 10.0 Å². The molecule has 0 radical (unpaired) electrons. The highest BCUT2D eigenvalue weighted by Gasteiger charge is 2.41. The van der Waals surface area contributed by atoms with Gasteiger partial charge in [-0.2, -0.15) is 4.31 Å². The van der Waals surface area contributed by atoms with Crippen molar-refractivity contribution >= 4 is 16.0 Å². The molecule has 0 saturated carbocycles. The van der Waals surface area contributed by atoms with Crippen LogP contribution in [0.4, 0.5) is 0 Å². The Hall–Kier alpha value is -1.41. The molecule has 1 atom stereocenters. The molecule has 0 amide bonds. The third kappa shape index (κ3) is 2.50. The summed E-state index contributed by atoms with van der Waals surface area (Å²) in [6, 6.07) is -0.734. The fourth-order valence-electron chi connectivity index (χ4n) is 2.17. The van der Waals surface area contributed by atoms with Gasteiger partial charge in [-0.25, -0.2) is 13.4 Å². The zero-order valence-electron chi connectivity index (χ0n) is 10.9. The van der Waals surface area contributed by atoms with Gasteiger partial charge in [0.1, 0.15) is 6.04 Å². The van der Waals surface area contributed by atoms with Crippen LogP contribution in [0.2, 0.25) is 0 Å². The Labute approximate surface area is 112 Å². The van der Waals surface area contributed by atoms with Gasteiger partial charge in [-0.15, -0.1) is 0 Å². The van der Waals surface area contributed by atoms with E-state index >= 15 is 0 Å². The Balaban J connectivity index is 2.30. The van der Waals surface area contributed by atoms with E-state index in [9.17, 15) is 13.2 Å². The number of carbonyl (C=O) groups excluding carboxylic acids is 1. The summed E-state index contributed by atoms with van der Waals surface area (Å²) in [6.07, 6.45) is 4.08. The summed E-state index contributed by atoms with van der Waals surface area (Å²) in [7, 11) is -2.47. The predicted octanol–water partition coefficient (Wildman–Crippen LogP) is 0.229. The summed E-state index contributed by atoms with van der Waals surface area (Å²) in [5.74, 6) is -0.518. The van der Waals surface area contributed by atoms with E-state index in [0.29, 0.717) is 25.9 Å². The SMILES string of the molecule is CCn1cnc(S(=O)(=O)N2CCCC2C(=O)OC)c1. The summed E-state index contributed by atoms with van der Waals surface area (Å²) in [5, 5.41) is -0.0230. The van der Waals surface area contributed by atoms with Crippen molar-refractivity contribution in [2.75, 3.05) is 13.7 Å². The topological polar surface area (TPSA) is 81.5 Å². The van der Waals surface area contributed by atoms with Crippen LogP contribution in [0.25, 0.3) is 0 Å². The highest BCUT2D eigenvalue weighted by molar-refractivity contribution is 7.89. The van der Waals surface area contributed by atoms with Crippen LogP contribution < -0.4 is 0 Å². The first-order valence-electron chi connectivity index (χ1n) is 6.12.